The number of hydrogen-bond donors (Lipinski definition) is 0. The monoisotopic (exact) mass is 236 g/mol. The molecule has 0 spiro atoms. The molecule has 2 atom stereocenters. The van der Waals surface area contributed by atoms with E-state index in [0.29, 0.717) is 11.5 Å². The van der Waals surface area contributed by atoms with Crippen LogP contribution in [0.4, 0.5) is 0 Å². The molecule has 1 heterocycles. The Labute approximate surface area is 102 Å². The van der Waals surface area contributed by atoms with Crippen LogP contribution in [0, 0.1) is 5.92 Å². The number of hydrogen-bond acceptors (Lipinski definition) is 3. The van der Waals surface area contributed by atoms with E-state index in [4.69, 9.17) is 4.74 Å². The van der Waals surface area contributed by atoms with Crippen LogP contribution in [0.5, 0.6) is 0 Å². The number of methoxy groups -OCH3 is 1. The van der Waals surface area contributed by atoms with Crippen molar-refractivity contribution in [2.75, 3.05) is 7.11 Å². The highest BCUT2D eigenvalue weighted by Crippen LogP contribution is 2.37. The Bertz CT molecular complexity index is 413. The SMILES string of the molecule is COC1(C(=O)c2cnn(C)c2)CCCC(C)C1. The first-order valence-corrected chi connectivity index (χ1v) is 6.16. The van der Waals surface area contributed by atoms with Gasteiger partial charge in [0.05, 0.1) is 11.8 Å². The van der Waals surface area contributed by atoms with Crippen LogP contribution in [0.2, 0.25) is 0 Å². The lowest BCUT2D eigenvalue weighted by atomic mass is 9.75. The molecule has 0 aromatic carbocycles. The first kappa shape index (κ1) is 12.3. The van der Waals surface area contributed by atoms with E-state index in [1.54, 1.807) is 24.2 Å². The Kier molecular flexibility index (Phi) is 3.33. The number of ether oxygens (including phenoxy) is 1. The number of Topliss-reactive ketones (excluding diaryl/α,β-unsaturated/α-hetero) is 1. The molecule has 0 bridgehead atoms. The Morgan fingerprint density at radius 2 is 2.41 bits per heavy atom. The van der Waals surface area contributed by atoms with Gasteiger partial charge < -0.3 is 4.74 Å². The van der Waals surface area contributed by atoms with Crippen LogP contribution in [-0.2, 0) is 11.8 Å². The third-order valence-electron chi connectivity index (χ3n) is 3.73. The Morgan fingerprint density at radius 3 is 2.94 bits per heavy atom. The van der Waals surface area contributed by atoms with E-state index in [1.165, 1.54) is 6.42 Å². The van der Waals surface area contributed by atoms with Crippen LogP contribution in [-0.4, -0.2) is 28.3 Å². The lowest BCUT2D eigenvalue weighted by molar-refractivity contribution is -0.0302. The highest BCUT2D eigenvalue weighted by molar-refractivity contribution is 6.02. The molecule has 1 aliphatic carbocycles. The fraction of sp³-hybridized carbons (Fsp3) is 0.692. The minimum absolute atomic E-state index is 0.0830. The molecule has 0 saturated heterocycles. The third kappa shape index (κ3) is 2.27. The zero-order valence-corrected chi connectivity index (χ0v) is 10.8. The molecule has 1 aromatic rings. The largest absolute Gasteiger partial charge is 0.370 e. The molecule has 2 rings (SSSR count). The molecule has 1 fully saturated rings. The quantitative estimate of drug-likeness (QED) is 0.756. The molecule has 0 aliphatic heterocycles. The molecule has 1 aromatic heterocycles. The second kappa shape index (κ2) is 4.61. The summed E-state index contributed by atoms with van der Waals surface area (Å²) in [6.45, 7) is 2.18. The van der Waals surface area contributed by atoms with Gasteiger partial charge in [0, 0.05) is 20.4 Å². The summed E-state index contributed by atoms with van der Waals surface area (Å²) in [5.41, 5.74) is 0.0317. The van der Waals surface area contributed by atoms with E-state index in [0.717, 1.165) is 19.3 Å². The molecule has 1 aliphatic rings. The predicted molar refractivity (Wildman–Crippen MR) is 64.9 cm³/mol. The topological polar surface area (TPSA) is 44.1 Å². The van der Waals surface area contributed by atoms with E-state index < -0.39 is 5.60 Å². The van der Waals surface area contributed by atoms with Crippen molar-refractivity contribution in [1.29, 1.82) is 0 Å². The maximum Gasteiger partial charge on any atom is 0.197 e. The number of rotatable bonds is 3. The second-order valence-electron chi connectivity index (χ2n) is 5.13. The molecular weight excluding hydrogens is 216 g/mol. The lowest BCUT2D eigenvalue weighted by Crippen LogP contribution is -2.44. The van der Waals surface area contributed by atoms with Gasteiger partial charge in [0.25, 0.3) is 0 Å². The van der Waals surface area contributed by atoms with Gasteiger partial charge in [0.1, 0.15) is 5.60 Å². The highest BCUT2D eigenvalue weighted by Gasteiger charge is 2.42. The number of carbonyl (C=O) groups is 1. The minimum Gasteiger partial charge on any atom is -0.370 e. The Morgan fingerprint density at radius 1 is 1.65 bits per heavy atom. The van der Waals surface area contributed by atoms with Crippen molar-refractivity contribution < 1.29 is 9.53 Å². The molecule has 0 N–H and O–H groups in total. The van der Waals surface area contributed by atoms with E-state index in [9.17, 15) is 4.79 Å². The van der Waals surface area contributed by atoms with Crippen LogP contribution in [0.25, 0.3) is 0 Å². The molecule has 0 radical (unpaired) electrons. The van der Waals surface area contributed by atoms with Gasteiger partial charge in [-0.1, -0.05) is 13.3 Å². The summed E-state index contributed by atoms with van der Waals surface area (Å²) in [5, 5.41) is 4.06. The van der Waals surface area contributed by atoms with Crippen molar-refractivity contribution >= 4 is 5.78 Å². The van der Waals surface area contributed by atoms with E-state index in [1.807, 2.05) is 7.05 Å². The van der Waals surface area contributed by atoms with Gasteiger partial charge in [0.2, 0.25) is 0 Å². The molecule has 17 heavy (non-hydrogen) atoms. The third-order valence-corrected chi connectivity index (χ3v) is 3.73. The summed E-state index contributed by atoms with van der Waals surface area (Å²) < 4.78 is 7.24. The van der Waals surface area contributed by atoms with E-state index in [2.05, 4.69) is 12.0 Å². The van der Waals surface area contributed by atoms with Crippen molar-refractivity contribution in [2.45, 2.75) is 38.2 Å². The highest BCUT2D eigenvalue weighted by atomic mass is 16.5. The van der Waals surface area contributed by atoms with Crippen molar-refractivity contribution in [1.82, 2.24) is 9.78 Å². The lowest BCUT2D eigenvalue weighted by Gasteiger charge is -2.37. The zero-order valence-electron chi connectivity index (χ0n) is 10.8. The van der Waals surface area contributed by atoms with Crippen molar-refractivity contribution in [3.05, 3.63) is 18.0 Å². The van der Waals surface area contributed by atoms with Gasteiger partial charge in [-0.05, 0) is 25.2 Å². The molecular formula is C13H20N2O2. The standard InChI is InChI=1S/C13H20N2O2/c1-10-5-4-6-13(7-10,17-3)12(16)11-8-14-15(2)9-11/h8-10H,4-7H2,1-3H3. The Balaban J connectivity index is 2.25. The van der Waals surface area contributed by atoms with Crippen molar-refractivity contribution in [3.8, 4) is 0 Å². The number of aromatic nitrogens is 2. The van der Waals surface area contributed by atoms with Gasteiger partial charge in [-0.25, -0.2) is 0 Å². The summed E-state index contributed by atoms with van der Waals surface area (Å²) in [7, 11) is 3.46. The summed E-state index contributed by atoms with van der Waals surface area (Å²) in [4.78, 5) is 12.5. The maximum atomic E-state index is 12.5. The van der Waals surface area contributed by atoms with Gasteiger partial charge in [-0.3, -0.25) is 9.48 Å². The predicted octanol–water partition coefficient (Wildman–Crippen LogP) is 2.20. The second-order valence-corrected chi connectivity index (χ2v) is 5.13. The fourth-order valence-electron chi connectivity index (χ4n) is 2.79. The number of nitrogens with zero attached hydrogens (tertiary/aromatic N) is 2. The van der Waals surface area contributed by atoms with Crippen LogP contribution < -0.4 is 0 Å². The molecule has 4 nitrogen and oxygen atoms in total. The Hall–Kier alpha value is -1.16. The number of ketones is 1. The van der Waals surface area contributed by atoms with Crippen molar-refractivity contribution in [2.24, 2.45) is 13.0 Å². The van der Waals surface area contributed by atoms with E-state index in [-0.39, 0.29) is 5.78 Å². The molecule has 1 saturated carbocycles. The van der Waals surface area contributed by atoms with E-state index >= 15 is 0 Å². The van der Waals surface area contributed by atoms with Crippen LogP contribution in [0.1, 0.15) is 43.0 Å². The first-order valence-electron chi connectivity index (χ1n) is 6.16. The minimum atomic E-state index is -0.624. The van der Waals surface area contributed by atoms with Gasteiger partial charge in [-0.15, -0.1) is 0 Å². The summed E-state index contributed by atoms with van der Waals surface area (Å²) >= 11 is 0. The number of aryl methyl sites for hydroxylation is 1. The van der Waals surface area contributed by atoms with Crippen LogP contribution in [0.15, 0.2) is 12.4 Å². The summed E-state index contributed by atoms with van der Waals surface area (Å²) in [6, 6.07) is 0. The number of carbonyl (C=O) groups excluding carboxylic acids is 1. The molecule has 94 valence electrons. The van der Waals surface area contributed by atoms with Crippen molar-refractivity contribution in [3.63, 3.8) is 0 Å². The fourth-order valence-corrected chi connectivity index (χ4v) is 2.79. The van der Waals surface area contributed by atoms with Crippen LogP contribution >= 0.6 is 0 Å². The normalized spacial score (nSPS) is 29.2. The zero-order chi connectivity index (χ0) is 12.5. The molecule has 4 heteroatoms. The summed E-state index contributed by atoms with van der Waals surface area (Å²) in [5.74, 6) is 0.629. The average Bonchev–Trinajstić information content (AvgIpc) is 2.74. The molecule has 0 amide bonds. The molecule has 2 unspecified atom stereocenters. The first-order chi connectivity index (χ1) is 8.07. The maximum absolute atomic E-state index is 12.5. The van der Waals surface area contributed by atoms with Crippen LogP contribution in [0.3, 0.4) is 0 Å². The van der Waals surface area contributed by atoms with Gasteiger partial charge in [0.15, 0.2) is 5.78 Å². The smallest absolute Gasteiger partial charge is 0.197 e. The summed E-state index contributed by atoms with van der Waals surface area (Å²) in [6.07, 6.45) is 7.27. The van der Waals surface area contributed by atoms with Gasteiger partial charge >= 0.3 is 0 Å². The van der Waals surface area contributed by atoms with Gasteiger partial charge in [-0.2, -0.15) is 5.10 Å². The average molecular weight is 236 g/mol.